The summed E-state index contributed by atoms with van der Waals surface area (Å²) in [6, 6.07) is 14.3. The molecule has 12 heteroatoms. The average Bonchev–Trinajstić information content (AvgIpc) is 2.89. The molecule has 1 spiro atoms. The Bertz CT molecular complexity index is 1120. The monoisotopic (exact) mass is 550 g/mol. The predicted octanol–water partition coefficient (Wildman–Crippen LogP) is 3.27. The van der Waals surface area contributed by atoms with Crippen molar-refractivity contribution in [1.29, 1.82) is 0 Å². The van der Waals surface area contributed by atoms with Gasteiger partial charge in [0.1, 0.15) is 5.54 Å². The van der Waals surface area contributed by atoms with E-state index in [1.165, 1.54) is 5.56 Å². The number of esters is 1. The smallest absolute Gasteiger partial charge is 0.475 e. The molecule has 0 radical (unpaired) electrons. The molecule has 2 saturated heterocycles. The van der Waals surface area contributed by atoms with Crippen LogP contribution in [-0.2, 0) is 25.7 Å². The zero-order valence-corrected chi connectivity index (χ0v) is 22.0. The highest BCUT2D eigenvalue weighted by molar-refractivity contribution is 6.01. The number of halogens is 3. The normalized spacial score (nSPS) is 17.9. The molecule has 1 aromatic carbocycles. The van der Waals surface area contributed by atoms with Crippen molar-refractivity contribution in [3.63, 3.8) is 0 Å². The standard InChI is InChI=1S/C25H32N4O3.C2HF3O2/c1-3-32-23(30)19-27-13-11-25(12-14-27)24(31)29(22-10-9-20(2)26-17-22)16-15-28(25)18-21-7-5-4-6-8-21;3-2(4,5)1(6)7/h4-10,17H,3,11-16,18-19H2,1-2H3;(H,6,7). The maximum atomic E-state index is 14.0. The minimum atomic E-state index is -5.08. The maximum Gasteiger partial charge on any atom is 0.490 e. The van der Waals surface area contributed by atoms with Crippen LogP contribution >= 0.6 is 0 Å². The number of pyridine rings is 1. The minimum Gasteiger partial charge on any atom is -0.475 e. The van der Waals surface area contributed by atoms with Crippen LogP contribution in [0.15, 0.2) is 48.7 Å². The van der Waals surface area contributed by atoms with Crippen molar-refractivity contribution in [1.82, 2.24) is 14.8 Å². The Hall–Kier alpha value is -3.51. The molecule has 3 heterocycles. The number of anilines is 1. The first-order chi connectivity index (χ1) is 18.5. The summed E-state index contributed by atoms with van der Waals surface area (Å²) in [5.74, 6) is -2.82. The van der Waals surface area contributed by atoms with E-state index in [0.29, 0.717) is 39.1 Å². The molecule has 2 fully saturated rings. The highest BCUT2D eigenvalue weighted by atomic mass is 19.4. The van der Waals surface area contributed by atoms with Crippen molar-refractivity contribution in [2.75, 3.05) is 44.2 Å². The lowest BCUT2D eigenvalue weighted by Gasteiger charge is -2.52. The molecule has 0 saturated carbocycles. The van der Waals surface area contributed by atoms with Crippen LogP contribution in [0.5, 0.6) is 0 Å². The average molecular weight is 551 g/mol. The third-order valence-electron chi connectivity index (χ3n) is 6.85. The molecule has 0 bridgehead atoms. The van der Waals surface area contributed by atoms with E-state index in [9.17, 15) is 22.8 Å². The van der Waals surface area contributed by atoms with Crippen LogP contribution < -0.4 is 4.90 Å². The number of amides is 1. The van der Waals surface area contributed by atoms with Crippen LogP contribution in [0.3, 0.4) is 0 Å². The molecule has 9 nitrogen and oxygen atoms in total. The summed E-state index contributed by atoms with van der Waals surface area (Å²) in [4.78, 5) is 45.6. The number of carboxylic acids is 1. The Morgan fingerprint density at radius 2 is 1.69 bits per heavy atom. The van der Waals surface area contributed by atoms with Crippen LogP contribution in [0.25, 0.3) is 0 Å². The molecule has 0 atom stereocenters. The SMILES string of the molecule is CCOC(=O)CN1CCC2(CC1)C(=O)N(c1ccc(C)nc1)CCN2Cc1ccccc1.O=C(O)C(F)(F)F. The number of carbonyl (C=O) groups excluding carboxylic acids is 2. The Kier molecular flexibility index (Phi) is 10.0. The first-order valence-corrected chi connectivity index (χ1v) is 12.7. The van der Waals surface area contributed by atoms with Gasteiger partial charge in [-0.25, -0.2) is 4.79 Å². The number of likely N-dealkylation sites (tertiary alicyclic amines) is 1. The van der Waals surface area contributed by atoms with Gasteiger partial charge in [-0.1, -0.05) is 30.3 Å². The Morgan fingerprint density at radius 3 is 2.23 bits per heavy atom. The third-order valence-corrected chi connectivity index (χ3v) is 6.85. The number of rotatable bonds is 6. The van der Waals surface area contributed by atoms with Gasteiger partial charge in [-0.15, -0.1) is 0 Å². The highest BCUT2D eigenvalue weighted by Gasteiger charge is 2.51. The number of carboxylic acid groups (broad SMARTS) is 1. The molecule has 0 unspecified atom stereocenters. The van der Waals surface area contributed by atoms with E-state index in [0.717, 1.165) is 24.5 Å². The van der Waals surface area contributed by atoms with Crippen molar-refractivity contribution in [3.05, 3.63) is 59.9 Å². The number of hydrogen-bond acceptors (Lipinski definition) is 7. The summed E-state index contributed by atoms with van der Waals surface area (Å²) in [6.45, 7) is 8.00. The largest absolute Gasteiger partial charge is 0.490 e. The highest BCUT2D eigenvalue weighted by Crippen LogP contribution is 2.36. The number of alkyl halides is 3. The Morgan fingerprint density at radius 1 is 1.05 bits per heavy atom. The molecular formula is C27H33F3N4O5. The molecule has 2 aliphatic heterocycles. The van der Waals surface area contributed by atoms with E-state index >= 15 is 0 Å². The van der Waals surface area contributed by atoms with Gasteiger partial charge in [0.25, 0.3) is 0 Å². The van der Waals surface area contributed by atoms with Crippen molar-refractivity contribution < 1.29 is 37.4 Å². The molecular weight excluding hydrogens is 517 g/mol. The molecule has 1 N–H and O–H groups in total. The van der Waals surface area contributed by atoms with Gasteiger partial charge < -0.3 is 14.7 Å². The lowest BCUT2D eigenvalue weighted by molar-refractivity contribution is -0.192. The molecule has 4 rings (SSSR count). The maximum absolute atomic E-state index is 14.0. The molecule has 0 aliphatic carbocycles. The van der Waals surface area contributed by atoms with Gasteiger partial charge in [0.15, 0.2) is 0 Å². The van der Waals surface area contributed by atoms with Gasteiger partial charge in [0.05, 0.1) is 25.0 Å². The number of hydrogen-bond donors (Lipinski definition) is 1. The topological polar surface area (TPSA) is 103 Å². The van der Waals surface area contributed by atoms with Gasteiger partial charge >= 0.3 is 18.1 Å². The quantitative estimate of drug-likeness (QED) is 0.547. The van der Waals surface area contributed by atoms with Gasteiger partial charge in [-0.05, 0) is 44.4 Å². The molecule has 2 aliphatic rings. The lowest BCUT2D eigenvalue weighted by atomic mass is 9.81. The van der Waals surface area contributed by atoms with Crippen molar-refractivity contribution in [2.45, 2.75) is 44.9 Å². The summed E-state index contributed by atoms with van der Waals surface area (Å²) in [6.07, 6.45) is -1.91. The molecule has 1 aromatic heterocycles. The number of ether oxygens (including phenoxy) is 1. The fraction of sp³-hybridized carbons (Fsp3) is 0.481. The van der Waals surface area contributed by atoms with Crippen LogP contribution in [0.4, 0.5) is 18.9 Å². The summed E-state index contributed by atoms with van der Waals surface area (Å²) in [7, 11) is 0. The zero-order valence-electron chi connectivity index (χ0n) is 22.0. The van der Waals surface area contributed by atoms with E-state index in [4.69, 9.17) is 14.6 Å². The van der Waals surface area contributed by atoms with Crippen molar-refractivity contribution in [2.24, 2.45) is 0 Å². The lowest BCUT2D eigenvalue weighted by Crippen LogP contribution is -2.68. The number of aromatic nitrogens is 1. The second kappa shape index (κ2) is 13.0. The predicted molar refractivity (Wildman–Crippen MR) is 137 cm³/mol. The Balaban J connectivity index is 0.000000532. The van der Waals surface area contributed by atoms with E-state index in [2.05, 4.69) is 26.9 Å². The molecule has 212 valence electrons. The first-order valence-electron chi connectivity index (χ1n) is 12.7. The number of nitrogens with zero attached hydrogens (tertiary/aromatic N) is 4. The second-order valence-electron chi connectivity index (χ2n) is 9.44. The molecule has 39 heavy (non-hydrogen) atoms. The first kappa shape index (κ1) is 30.0. The molecule has 2 aromatic rings. The third kappa shape index (κ3) is 7.76. The van der Waals surface area contributed by atoms with E-state index in [1.54, 1.807) is 6.20 Å². The van der Waals surface area contributed by atoms with Crippen LogP contribution in [-0.4, -0.2) is 88.8 Å². The van der Waals surface area contributed by atoms with Crippen molar-refractivity contribution >= 4 is 23.5 Å². The van der Waals surface area contributed by atoms with Crippen LogP contribution in [0, 0.1) is 6.92 Å². The summed E-state index contributed by atoms with van der Waals surface area (Å²) in [5.41, 5.74) is 2.42. The van der Waals surface area contributed by atoms with Gasteiger partial charge in [-0.2, -0.15) is 13.2 Å². The van der Waals surface area contributed by atoms with Crippen LogP contribution in [0.1, 0.15) is 31.0 Å². The van der Waals surface area contributed by atoms with Crippen molar-refractivity contribution in [3.8, 4) is 0 Å². The summed E-state index contributed by atoms with van der Waals surface area (Å²) in [5, 5.41) is 7.12. The second-order valence-corrected chi connectivity index (χ2v) is 9.44. The fourth-order valence-electron chi connectivity index (χ4n) is 4.82. The van der Waals surface area contributed by atoms with E-state index in [-0.39, 0.29) is 18.4 Å². The number of carbonyl (C=O) groups is 3. The summed E-state index contributed by atoms with van der Waals surface area (Å²) >= 11 is 0. The summed E-state index contributed by atoms with van der Waals surface area (Å²) < 4.78 is 36.9. The van der Waals surface area contributed by atoms with E-state index < -0.39 is 17.7 Å². The van der Waals surface area contributed by atoms with Gasteiger partial charge in [0.2, 0.25) is 5.91 Å². The number of benzene rings is 1. The molecule has 1 amide bonds. The number of aliphatic carboxylic acids is 1. The van der Waals surface area contributed by atoms with Gasteiger partial charge in [-0.3, -0.25) is 24.4 Å². The fourth-order valence-corrected chi connectivity index (χ4v) is 4.82. The zero-order chi connectivity index (χ0) is 28.6. The number of piperazine rings is 1. The van der Waals surface area contributed by atoms with Gasteiger partial charge in [0, 0.05) is 38.4 Å². The van der Waals surface area contributed by atoms with Crippen LogP contribution in [0.2, 0.25) is 0 Å². The number of piperidine rings is 1. The minimum absolute atomic E-state index is 0.140. The van der Waals surface area contributed by atoms with E-state index in [1.807, 2.05) is 49.1 Å². The number of aryl methyl sites for hydroxylation is 1. The Labute approximate surface area is 225 Å².